The van der Waals surface area contributed by atoms with Crippen molar-refractivity contribution in [2.45, 2.75) is 38.3 Å². The third-order valence-electron chi connectivity index (χ3n) is 4.40. The maximum Gasteiger partial charge on any atom is 0.133 e. The summed E-state index contributed by atoms with van der Waals surface area (Å²) in [5, 5.41) is 3.32. The molecule has 3 nitrogen and oxygen atoms in total. The Morgan fingerprint density at radius 1 is 1.47 bits per heavy atom. The van der Waals surface area contributed by atoms with Gasteiger partial charge in [0.05, 0.1) is 0 Å². The lowest BCUT2D eigenvalue weighted by molar-refractivity contribution is 0.545. The molecule has 1 saturated heterocycles. The normalized spacial score (nSPS) is 28.7. The first-order valence-electron chi connectivity index (χ1n) is 6.68. The lowest BCUT2D eigenvalue weighted by atomic mass is 10.1. The molecule has 1 aromatic rings. The first-order chi connectivity index (χ1) is 8.29. The van der Waals surface area contributed by atoms with Crippen molar-refractivity contribution < 1.29 is 0 Å². The predicted molar refractivity (Wildman–Crippen MR) is 70.2 cm³/mol. The van der Waals surface area contributed by atoms with Crippen LogP contribution in [0.4, 0.5) is 5.82 Å². The fourth-order valence-electron chi connectivity index (χ4n) is 3.33. The number of hydrogen-bond donors (Lipinski definition) is 1. The van der Waals surface area contributed by atoms with Gasteiger partial charge in [-0.1, -0.05) is 6.07 Å². The highest BCUT2D eigenvalue weighted by Gasteiger charge is 2.39. The Kier molecular flexibility index (Phi) is 2.79. The monoisotopic (exact) mass is 231 g/mol. The maximum absolute atomic E-state index is 4.63. The van der Waals surface area contributed by atoms with Gasteiger partial charge in [-0.3, -0.25) is 0 Å². The topological polar surface area (TPSA) is 28.2 Å². The second-order valence-corrected chi connectivity index (χ2v) is 5.41. The van der Waals surface area contributed by atoms with Crippen molar-refractivity contribution in [2.24, 2.45) is 5.92 Å². The van der Waals surface area contributed by atoms with Gasteiger partial charge in [0.15, 0.2) is 0 Å². The van der Waals surface area contributed by atoms with E-state index in [0.717, 1.165) is 12.0 Å². The zero-order chi connectivity index (χ0) is 11.8. The second-order valence-electron chi connectivity index (χ2n) is 5.41. The molecule has 1 N–H and O–H groups in total. The van der Waals surface area contributed by atoms with E-state index in [4.69, 9.17) is 0 Å². The molecule has 17 heavy (non-hydrogen) atoms. The van der Waals surface area contributed by atoms with Gasteiger partial charge in [-0.25, -0.2) is 4.98 Å². The van der Waals surface area contributed by atoms with Crippen molar-refractivity contribution in [2.75, 3.05) is 18.5 Å². The molecule has 1 aliphatic heterocycles. The quantitative estimate of drug-likeness (QED) is 0.865. The smallest absolute Gasteiger partial charge is 0.133 e. The largest absolute Gasteiger partial charge is 0.353 e. The summed E-state index contributed by atoms with van der Waals surface area (Å²) in [7, 11) is 2.01. The fourth-order valence-corrected chi connectivity index (χ4v) is 3.33. The van der Waals surface area contributed by atoms with E-state index in [1.807, 2.05) is 19.3 Å². The molecule has 0 aromatic carbocycles. The predicted octanol–water partition coefficient (Wildman–Crippen LogP) is 2.35. The summed E-state index contributed by atoms with van der Waals surface area (Å²) in [6.07, 6.45) is 6.08. The number of piperidine rings is 1. The third kappa shape index (κ3) is 1.82. The minimum atomic E-state index is 0.373. The Morgan fingerprint density at radius 2 is 2.35 bits per heavy atom. The highest BCUT2D eigenvalue weighted by atomic mass is 15.2. The number of anilines is 1. The Labute approximate surface area is 103 Å². The minimum absolute atomic E-state index is 0.373. The number of aromatic nitrogens is 1. The van der Waals surface area contributed by atoms with Crippen LogP contribution in [0.15, 0.2) is 18.3 Å². The van der Waals surface area contributed by atoms with Crippen LogP contribution >= 0.6 is 0 Å². The summed E-state index contributed by atoms with van der Waals surface area (Å²) in [4.78, 5) is 7.17. The molecular weight excluding hydrogens is 210 g/mol. The molecule has 0 amide bonds. The second kappa shape index (κ2) is 4.30. The summed E-state index contributed by atoms with van der Waals surface area (Å²) in [6, 6.07) is 5.37. The minimum Gasteiger partial charge on any atom is -0.353 e. The summed E-state index contributed by atoms with van der Waals surface area (Å²) in [6.45, 7) is 3.42. The number of pyridine rings is 1. The van der Waals surface area contributed by atoms with Crippen molar-refractivity contribution in [1.82, 2.24) is 10.3 Å². The molecule has 3 atom stereocenters. The molecule has 0 spiro atoms. The lowest BCUT2D eigenvalue weighted by Crippen LogP contribution is -2.34. The molecule has 2 aliphatic rings. The standard InChI is InChI=1S/C14H21N3/c1-10(15-2)13-4-3-7-16-14(13)17-9-11-5-6-12(17)8-11/h3-4,7,10-12,15H,5-6,8-9H2,1-2H3. The third-order valence-corrected chi connectivity index (χ3v) is 4.40. The summed E-state index contributed by atoms with van der Waals surface area (Å²) < 4.78 is 0. The van der Waals surface area contributed by atoms with Gasteiger partial charge in [-0.2, -0.15) is 0 Å². The highest BCUT2D eigenvalue weighted by Crippen LogP contribution is 2.41. The number of nitrogens with zero attached hydrogens (tertiary/aromatic N) is 2. The Balaban J connectivity index is 1.92. The summed E-state index contributed by atoms with van der Waals surface area (Å²) in [5.74, 6) is 2.13. The van der Waals surface area contributed by atoms with Crippen molar-refractivity contribution in [3.05, 3.63) is 23.9 Å². The molecule has 3 unspecified atom stereocenters. The number of hydrogen-bond acceptors (Lipinski definition) is 3. The molecule has 92 valence electrons. The van der Waals surface area contributed by atoms with Gasteiger partial charge in [0.1, 0.15) is 5.82 Å². The summed E-state index contributed by atoms with van der Waals surface area (Å²) in [5.41, 5.74) is 1.34. The van der Waals surface area contributed by atoms with Crippen LogP contribution in [0.3, 0.4) is 0 Å². The van der Waals surface area contributed by atoms with Crippen molar-refractivity contribution in [3.63, 3.8) is 0 Å². The zero-order valence-corrected chi connectivity index (χ0v) is 10.7. The maximum atomic E-state index is 4.63. The van der Waals surface area contributed by atoms with E-state index in [9.17, 15) is 0 Å². The highest BCUT2D eigenvalue weighted by molar-refractivity contribution is 5.51. The molecule has 3 heteroatoms. The van der Waals surface area contributed by atoms with E-state index in [-0.39, 0.29) is 0 Å². The van der Waals surface area contributed by atoms with Crippen LogP contribution in [0.25, 0.3) is 0 Å². The van der Waals surface area contributed by atoms with E-state index < -0.39 is 0 Å². The van der Waals surface area contributed by atoms with E-state index in [0.29, 0.717) is 6.04 Å². The van der Waals surface area contributed by atoms with Crippen molar-refractivity contribution >= 4 is 5.82 Å². The van der Waals surface area contributed by atoms with E-state index in [2.05, 4.69) is 28.2 Å². The van der Waals surface area contributed by atoms with Gasteiger partial charge in [-0.05, 0) is 45.2 Å². The van der Waals surface area contributed by atoms with E-state index >= 15 is 0 Å². The molecule has 2 bridgehead atoms. The Morgan fingerprint density at radius 3 is 3.00 bits per heavy atom. The first kappa shape index (κ1) is 11.0. The van der Waals surface area contributed by atoms with Crippen LogP contribution in [-0.2, 0) is 0 Å². The van der Waals surface area contributed by atoms with Gasteiger partial charge in [0, 0.05) is 30.4 Å². The van der Waals surface area contributed by atoms with Crippen LogP contribution in [0, 0.1) is 5.92 Å². The zero-order valence-electron chi connectivity index (χ0n) is 10.7. The van der Waals surface area contributed by atoms with Crippen LogP contribution in [-0.4, -0.2) is 24.6 Å². The van der Waals surface area contributed by atoms with Gasteiger partial charge < -0.3 is 10.2 Å². The first-order valence-corrected chi connectivity index (χ1v) is 6.68. The Hall–Kier alpha value is -1.09. The van der Waals surface area contributed by atoms with Crippen LogP contribution in [0.1, 0.15) is 37.8 Å². The molecule has 1 aliphatic carbocycles. The number of nitrogens with one attached hydrogen (secondary N) is 1. The van der Waals surface area contributed by atoms with Gasteiger partial charge in [-0.15, -0.1) is 0 Å². The molecule has 2 fully saturated rings. The fraction of sp³-hybridized carbons (Fsp3) is 0.643. The molecule has 3 rings (SSSR count). The molecule has 1 aromatic heterocycles. The van der Waals surface area contributed by atoms with Crippen molar-refractivity contribution in [3.8, 4) is 0 Å². The molecule has 0 radical (unpaired) electrons. The van der Waals surface area contributed by atoms with E-state index in [1.165, 1.54) is 37.2 Å². The number of fused-ring (bicyclic) bond motifs is 2. The van der Waals surface area contributed by atoms with Gasteiger partial charge in [0.25, 0.3) is 0 Å². The van der Waals surface area contributed by atoms with Crippen molar-refractivity contribution in [1.29, 1.82) is 0 Å². The molecular formula is C14H21N3. The van der Waals surface area contributed by atoms with Gasteiger partial charge >= 0.3 is 0 Å². The van der Waals surface area contributed by atoms with Crippen LogP contribution in [0.5, 0.6) is 0 Å². The number of rotatable bonds is 3. The average molecular weight is 231 g/mol. The van der Waals surface area contributed by atoms with Crippen LogP contribution < -0.4 is 10.2 Å². The Bertz CT molecular complexity index is 404. The molecule has 1 saturated carbocycles. The average Bonchev–Trinajstić information content (AvgIpc) is 3.00. The lowest BCUT2D eigenvalue weighted by Gasteiger charge is -2.31. The van der Waals surface area contributed by atoms with Gasteiger partial charge in [0.2, 0.25) is 0 Å². The van der Waals surface area contributed by atoms with Crippen LogP contribution in [0.2, 0.25) is 0 Å². The van der Waals surface area contributed by atoms with E-state index in [1.54, 1.807) is 0 Å². The summed E-state index contributed by atoms with van der Waals surface area (Å²) >= 11 is 0. The molecule has 2 heterocycles. The SMILES string of the molecule is CNC(C)c1cccnc1N1CC2CCC1C2.